The fraction of sp³-hybridized carbons (Fsp3) is 1.00. The molecule has 0 spiro atoms. The van der Waals surface area contributed by atoms with Gasteiger partial charge in [0.2, 0.25) is 0 Å². The molecule has 78 valence electrons. The zero-order valence-electron chi connectivity index (χ0n) is 9.16. The molecule has 0 aliphatic carbocycles. The average Bonchev–Trinajstić information content (AvgIpc) is 2.42. The van der Waals surface area contributed by atoms with E-state index in [4.69, 9.17) is 0 Å². The third kappa shape index (κ3) is 3.28. The first-order valence-corrected chi connectivity index (χ1v) is 5.55. The molecule has 1 fully saturated rings. The molecule has 13 heavy (non-hydrogen) atoms. The Bertz CT molecular complexity index is 147. The normalized spacial score (nSPS) is 30.2. The van der Waals surface area contributed by atoms with Crippen LogP contribution in [0.2, 0.25) is 0 Å². The van der Waals surface area contributed by atoms with Crippen molar-refractivity contribution < 1.29 is 5.11 Å². The van der Waals surface area contributed by atoms with Gasteiger partial charge in [0.05, 0.1) is 6.10 Å². The summed E-state index contributed by atoms with van der Waals surface area (Å²) in [6, 6.07) is 0.633. The molecule has 2 nitrogen and oxygen atoms in total. The largest absolute Gasteiger partial charge is 0.392 e. The van der Waals surface area contributed by atoms with E-state index in [1.54, 1.807) is 0 Å². The van der Waals surface area contributed by atoms with Crippen LogP contribution in [0.3, 0.4) is 0 Å². The number of hydrogen-bond donors (Lipinski definition) is 1. The van der Waals surface area contributed by atoms with Crippen LogP contribution in [-0.4, -0.2) is 35.2 Å². The van der Waals surface area contributed by atoms with Gasteiger partial charge >= 0.3 is 0 Å². The SMILES string of the molecule is CC[C@@H]1C[C@H](O)CN1CCC(C)C. The Morgan fingerprint density at radius 3 is 2.69 bits per heavy atom. The molecule has 0 unspecified atom stereocenters. The van der Waals surface area contributed by atoms with Gasteiger partial charge < -0.3 is 5.11 Å². The molecule has 0 aromatic heterocycles. The molecular formula is C11H23NO. The second-order valence-electron chi connectivity index (χ2n) is 4.63. The highest BCUT2D eigenvalue weighted by atomic mass is 16.3. The van der Waals surface area contributed by atoms with Gasteiger partial charge in [-0.15, -0.1) is 0 Å². The Balaban J connectivity index is 2.31. The lowest BCUT2D eigenvalue weighted by Gasteiger charge is -2.23. The zero-order chi connectivity index (χ0) is 9.84. The van der Waals surface area contributed by atoms with Gasteiger partial charge in [0.1, 0.15) is 0 Å². The molecule has 1 aliphatic rings. The average molecular weight is 185 g/mol. The van der Waals surface area contributed by atoms with Crippen molar-refractivity contribution in [2.75, 3.05) is 13.1 Å². The van der Waals surface area contributed by atoms with E-state index in [1.165, 1.54) is 12.8 Å². The van der Waals surface area contributed by atoms with E-state index in [-0.39, 0.29) is 6.10 Å². The van der Waals surface area contributed by atoms with Gasteiger partial charge in [-0.3, -0.25) is 4.90 Å². The van der Waals surface area contributed by atoms with Crippen molar-refractivity contribution in [3.63, 3.8) is 0 Å². The standard InChI is InChI=1S/C11H23NO/c1-4-10-7-11(13)8-12(10)6-5-9(2)3/h9-11,13H,4-8H2,1-3H3/t10-,11+/m1/s1. The maximum absolute atomic E-state index is 9.52. The van der Waals surface area contributed by atoms with Crippen molar-refractivity contribution in [2.24, 2.45) is 5.92 Å². The lowest BCUT2D eigenvalue weighted by Crippen LogP contribution is -2.31. The van der Waals surface area contributed by atoms with Gasteiger partial charge in [0.25, 0.3) is 0 Å². The summed E-state index contributed by atoms with van der Waals surface area (Å²) in [6.45, 7) is 8.78. The topological polar surface area (TPSA) is 23.5 Å². The van der Waals surface area contributed by atoms with Crippen LogP contribution in [0.1, 0.15) is 40.0 Å². The molecule has 0 aromatic carbocycles. The molecule has 1 aliphatic heterocycles. The highest BCUT2D eigenvalue weighted by Gasteiger charge is 2.28. The molecule has 1 heterocycles. The van der Waals surface area contributed by atoms with Crippen molar-refractivity contribution in [3.05, 3.63) is 0 Å². The van der Waals surface area contributed by atoms with Crippen molar-refractivity contribution >= 4 is 0 Å². The molecule has 1 N–H and O–H groups in total. The molecule has 2 atom stereocenters. The lowest BCUT2D eigenvalue weighted by molar-refractivity contribution is 0.172. The van der Waals surface area contributed by atoms with E-state index in [0.29, 0.717) is 6.04 Å². The lowest BCUT2D eigenvalue weighted by atomic mass is 10.1. The summed E-state index contributed by atoms with van der Waals surface area (Å²) in [4.78, 5) is 2.45. The Hall–Kier alpha value is -0.0800. The minimum atomic E-state index is -0.0721. The first-order valence-electron chi connectivity index (χ1n) is 5.55. The van der Waals surface area contributed by atoms with Gasteiger partial charge in [-0.1, -0.05) is 20.8 Å². The van der Waals surface area contributed by atoms with Crippen LogP contribution in [0, 0.1) is 5.92 Å². The number of rotatable bonds is 4. The van der Waals surface area contributed by atoms with Gasteiger partial charge in [0, 0.05) is 12.6 Å². The van der Waals surface area contributed by atoms with Crippen LogP contribution in [0.25, 0.3) is 0 Å². The van der Waals surface area contributed by atoms with Crippen molar-refractivity contribution in [2.45, 2.75) is 52.2 Å². The third-order valence-corrected chi connectivity index (χ3v) is 2.97. The summed E-state index contributed by atoms with van der Waals surface area (Å²) < 4.78 is 0. The molecule has 1 rings (SSSR count). The van der Waals surface area contributed by atoms with E-state index in [2.05, 4.69) is 25.7 Å². The molecule has 0 bridgehead atoms. The minimum Gasteiger partial charge on any atom is -0.392 e. The molecule has 0 aromatic rings. The van der Waals surface area contributed by atoms with Gasteiger partial charge in [-0.25, -0.2) is 0 Å². The van der Waals surface area contributed by atoms with E-state index in [1.807, 2.05) is 0 Å². The number of aliphatic hydroxyl groups is 1. The molecule has 0 amide bonds. The minimum absolute atomic E-state index is 0.0721. The van der Waals surface area contributed by atoms with E-state index >= 15 is 0 Å². The van der Waals surface area contributed by atoms with Crippen molar-refractivity contribution in [1.29, 1.82) is 0 Å². The summed E-state index contributed by atoms with van der Waals surface area (Å²) in [5.41, 5.74) is 0. The number of hydrogen-bond acceptors (Lipinski definition) is 2. The second kappa shape index (κ2) is 4.97. The van der Waals surface area contributed by atoms with Crippen LogP contribution < -0.4 is 0 Å². The van der Waals surface area contributed by atoms with E-state index in [0.717, 1.165) is 25.4 Å². The predicted molar refractivity (Wildman–Crippen MR) is 55.7 cm³/mol. The van der Waals surface area contributed by atoms with Gasteiger partial charge in [0.15, 0.2) is 0 Å². The summed E-state index contributed by atoms with van der Waals surface area (Å²) in [6.07, 6.45) is 3.34. The monoisotopic (exact) mass is 185 g/mol. The Labute approximate surface area is 81.9 Å². The fourth-order valence-corrected chi connectivity index (χ4v) is 2.08. The van der Waals surface area contributed by atoms with Gasteiger partial charge in [-0.2, -0.15) is 0 Å². The number of β-amino-alcohol motifs (C(OH)–C–C–N with tert-alkyl or cyclic N) is 1. The third-order valence-electron chi connectivity index (χ3n) is 2.97. The maximum Gasteiger partial charge on any atom is 0.0682 e. The smallest absolute Gasteiger partial charge is 0.0682 e. The number of aliphatic hydroxyl groups excluding tert-OH is 1. The quantitative estimate of drug-likeness (QED) is 0.723. The molecule has 0 radical (unpaired) electrons. The van der Waals surface area contributed by atoms with Gasteiger partial charge in [-0.05, 0) is 31.7 Å². The zero-order valence-corrected chi connectivity index (χ0v) is 9.16. The molecule has 1 saturated heterocycles. The first kappa shape index (κ1) is 11.0. The van der Waals surface area contributed by atoms with Crippen LogP contribution in [0.5, 0.6) is 0 Å². The Morgan fingerprint density at radius 1 is 1.46 bits per heavy atom. The van der Waals surface area contributed by atoms with Crippen LogP contribution in [0.15, 0.2) is 0 Å². The summed E-state index contributed by atoms with van der Waals surface area (Å²) in [5.74, 6) is 0.773. The first-order chi connectivity index (χ1) is 6.13. The molecular weight excluding hydrogens is 162 g/mol. The maximum atomic E-state index is 9.52. The highest BCUT2D eigenvalue weighted by molar-refractivity contribution is 4.83. The van der Waals surface area contributed by atoms with E-state index < -0.39 is 0 Å². The molecule has 2 heteroatoms. The van der Waals surface area contributed by atoms with Crippen LogP contribution >= 0.6 is 0 Å². The molecule has 0 saturated carbocycles. The Kier molecular flexibility index (Phi) is 4.20. The Morgan fingerprint density at radius 2 is 2.15 bits per heavy atom. The summed E-state index contributed by atoms with van der Waals surface area (Å²) in [7, 11) is 0. The summed E-state index contributed by atoms with van der Waals surface area (Å²) in [5, 5.41) is 9.52. The fourth-order valence-electron chi connectivity index (χ4n) is 2.08. The van der Waals surface area contributed by atoms with Crippen molar-refractivity contribution in [3.8, 4) is 0 Å². The van der Waals surface area contributed by atoms with Crippen molar-refractivity contribution in [1.82, 2.24) is 4.90 Å². The van der Waals surface area contributed by atoms with E-state index in [9.17, 15) is 5.11 Å². The number of nitrogens with zero attached hydrogens (tertiary/aromatic N) is 1. The highest BCUT2D eigenvalue weighted by Crippen LogP contribution is 2.21. The predicted octanol–water partition coefficient (Wildman–Crippen LogP) is 1.88. The van der Waals surface area contributed by atoms with Crippen LogP contribution in [-0.2, 0) is 0 Å². The summed E-state index contributed by atoms with van der Waals surface area (Å²) >= 11 is 0. The second-order valence-corrected chi connectivity index (χ2v) is 4.63. The van der Waals surface area contributed by atoms with Crippen LogP contribution in [0.4, 0.5) is 0 Å². The number of likely N-dealkylation sites (tertiary alicyclic amines) is 1.